The molecule has 2 N–H and O–H groups in total. The Hall–Kier alpha value is -2.00. The van der Waals surface area contributed by atoms with Gasteiger partial charge in [-0.05, 0) is 37.6 Å². The highest BCUT2D eigenvalue weighted by atomic mass is 16.5. The molecule has 0 heterocycles. The molecule has 3 heteroatoms. The third kappa shape index (κ3) is 3.31. The minimum absolute atomic E-state index is 0.141. The first-order valence-corrected chi connectivity index (χ1v) is 6.79. The lowest BCUT2D eigenvalue weighted by Crippen LogP contribution is -2.22. The summed E-state index contributed by atoms with van der Waals surface area (Å²) in [5, 5.41) is 13.1. The van der Waals surface area contributed by atoms with Crippen LogP contribution in [0.5, 0.6) is 11.5 Å². The summed E-state index contributed by atoms with van der Waals surface area (Å²) < 4.78 is 5.39. The van der Waals surface area contributed by atoms with Gasteiger partial charge in [-0.3, -0.25) is 0 Å². The first-order chi connectivity index (χ1) is 9.61. The number of hydrogen-bond donors (Lipinski definition) is 2. The number of methoxy groups -OCH3 is 1. The highest BCUT2D eigenvalue weighted by Crippen LogP contribution is 2.27. The van der Waals surface area contributed by atoms with Crippen molar-refractivity contribution in [3.63, 3.8) is 0 Å². The number of ether oxygens (including phenoxy) is 1. The molecule has 2 rings (SSSR count). The molecule has 0 saturated carbocycles. The van der Waals surface area contributed by atoms with Crippen molar-refractivity contribution in [3.05, 3.63) is 59.7 Å². The summed E-state index contributed by atoms with van der Waals surface area (Å²) in [6.45, 7) is 4.19. The maximum atomic E-state index is 9.55. The van der Waals surface area contributed by atoms with Gasteiger partial charge in [0.1, 0.15) is 11.5 Å². The molecule has 2 unspecified atom stereocenters. The van der Waals surface area contributed by atoms with E-state index in [-0.39, 0.29) is 12.1 Å². The zero-order valence-electron chi connectivity index (χ0n) is 12.1. The van der Waals surface area contributed by atoms with E-state index in [1.165, 1.54) is 0 Å². The van der Waals surface area contributed by atoms with Gasteiger partial charge in [-0.1, -0.05) is 30.3 Å². The van der Waals surface area contributed by atoms with Crippen LogP contribution >= 0.6 is 0 Å². The summed E-state index contributed by atoms with van der Waals surface area (Å²) >= 11 is 0. The van der Waals surface area contributed by atoms with Crippen LogP contribution < -0.4 is 10.1 Å². The fraction of sp³-hybridized carbons (Fsp3) is 0.294. The first kappa shape index (κ1) is 14.4. The van der Waals surface area contributed by atoms with Crippen molar-refractivity contribution in [2.45, 2.75) is 25.9 Å². The zero-order valence-corrected chi connectivity index (χ0v) is 12.1. The van der Waals surface area contributed by atoms with Gasteiger partial charge in [0.05, 0.1) is 7.11 Å². The van der Waals surface area contributed by atoms with Gasteiger partial charge in [-0.2, -0.15) is 0 Å². The molecule has 3 nitrogen and oxygen atoms in total. The van der Waals surface area contributed by atoms with E-state index in [2.05, 4.69) is 25.2 Å². The van der Waals surface area contributed by atoms with Crippen LogP contribution in [0.3, 0.4) is 0 Å². The second kappa shape index (κ2) is 6.44. The number of para-hydroxylation sites is 1. The van der Waals surface area contributed by atoms with Gasteiger partial charge in [0.15, 0.2) is 0 Å². The number of phenols is 1. The highest BCUT2D eigenvalue weighted by Gasteiger charge is 2.14. The maximum absolute atomic E-state index is 9.55. The number of benzene rings is 2. The molecule has 0 saturated heterocycles. The third-order valence-corrected chi connectivity index (χ3v) is 3.48. The SMILES string of the molecule is COc1ccccc1C(C)NC(C)c1cccc(O)c1. The van der Waals surface area contributed by atoms with Gasteiger partial charge >= 0.3 is 0 Å². The standard InChI is InChI=1S/C17H21NO2/c1-12(14-7-6-8-15(19)11-14)18-13(2)16-9-4-5-10-17(16)20-3/h4-13,18-19H,1-3H3. The summed E-state index contributed by atoms with van der Waals surface area (Å²) in [6.07, 6.45) is 0. The van der Waals surface area contributed by atoms with E-state index in [4.69, 9.17) is 4.74 Å². The van der Waals surface area contributed by atoms with Crippen molar-refractivity contribution in [1.29, 1.82) is 0 Å². The molecular formula is C17H21NO2. The lowest BCUT2D eigenvalue weighted by molar-refractivity contribution is 0.396. The van der Waals surface area contributed by atoms with Crippen molar-refractivity contribution in [2.24, 2.45) is 0 Å². The molecule has 0 aliphatic rings. The number of nitrogens with one attached hydrogen (secondary N) is 1. The lowest BCUT2D eigenvalue weighted by atomic mass is 10.0. The van der Waals surface area contributed by atoms with E-state index in [0.29, 0.717) is 5.75 Å². The second-order valence-corrected chi connectivity index (χ2v) is 4.95. The molecule has 2 aromatic rings. The van der Waals surface area contributed by atoms with Crippen molar-refractivity contribution in [1.82, 2.24) is 5.32 Å². The Kier molecular flexibility index (Phi) is 4.64. The zero-order chi connectivity index (χ0) is 14.5. The maximum Gasteiger partial charge on any atom is 0.123 e. The number of aromatic hydroxyl groups is 1. The number of rotatable bonds is 5. The van der Waals surface area contributed by atoms with E-state index >= 15 is 0 Å². The third-order valence-electron chi connectivity index (χ3n) is 3.48. The fourth-order valence-electron chi connectivity index (χ4n) is 2.38. The molecule has 0 amide bonds. The van der Waals surface area contributed by atoms with E-state index in [1.807, 2.05) is 30.3 Å². The van der Waals surface area contributed by atoms with Crippen LogP contribution in [-0.4, -0.2) is 12.2 Å². The Labute approximate surface area is 120 Å². The second-order valence-electron chi connectivity index (χ2n) is 4.95. The van der Waals surface area contributed by atoms with E-state index in [0.717, 1.165) is 16.9 Å². The molecule has 20 heavy (non-hydrogen) atoms. The molecule has 2 atom stereocenters. The predicted octanol–water partition coefficient (Wildman–Crippen LogP) is 3.81. The minimum atomic E-state index is 0.141. The van der Waals surface area contributed by atoms with Crippen LogP contribution in [0.4, 0.5) is 0 Å². The molecule has 106 valence electrons. The summed E-state index contributed by atoms with van der Waals surface area (Å²) in [5.41, 5.74) is 2.19. The normalized spacial score (nSPS) is 13.8. The molecule has 0 bridgehead atoms. The fourth-order valence-corrected chi connectivity index (χ4v) is 2.38. The Bertz CT molecular complexity index is 568. The molecule has 0 spiro atoms. The minimum Gasteiger partial charge on any atom is -0.508 e. The summed E-state index contributed by atoms with van der Waals surface area (Å²) in [5.74, 6) is 1.18. The average molecular weight is 271 g/mol. The molecule has 0 aliphatic heterocycles. The Morgan fingerprint density at radius 2 is 1.75 bits per heavy atom. The molecule has 0 fully saturated rings. The molecule has 0 aromatic heterocycles. The first-order valence-electron chi connectivity index (χ1n) is 6.79. The van der Waals surface area contributed by atoms with Gasteiger partial charge in [-0.25, -0.2) is 0 Å². The lowest BCUT2D eigenvalue weighted by Gasteiger charge is -2.22. The molecular weight excluding hydrogens is 250 g/mol. The summed E-state index contributed by atoms with van der Waals surface area (Å²) in [4.78, 5) is 0. The average Bonchev–Trinajstić information content (AvgIpc) is 2.47. The highest BCUT2D eigenvalue weighted by molar-refractivity contribution is 5.36. The van der Waals surface area contributed by atoms with Gasteiger partial charge in [0.2, 0.25) is 0 Å². The number of hydrogen-bond acceptors (Lipinski definition) is 3. The Morgan fingerprint density at radius 1 is 1.00 bits per heavy atom. The summed E-state index contributed by atoms with van der Waals surface area (Å²) in [6, 6.07) is 15.6. The smallest absolute Gasteiger partial charge is 0.123 e. The van der Waals surface area contributed by atoms with E-state index in [9.17, 15) is 5.11 Å². The van der Waals surface area contributed by atoms with Crippen molar-refractivity contribution < 1.29 is 9.84 Å². The molecule has 0 aliphatic carbocycles. The van der Waals surface area contributed by atoms with Crippen LogP contribution in [0, 0.1) is 0 Å². The van der Waals surface area contributed by atoms with Crippen LogP contribution in [0.25, 0.3) is 0 Å². The van der Waals surface area contributed by atoms with Gasteiger partial charge in [0.25, 0.3) is 0 Å². The Morgan fingerprint density at radius 3 is 2.45 bits per heavy atom. The van der Waals surface area contributed by atoms with E-state index < -0.39 is 0 Å². The van der Waals surface area contributed by atoms with Crippen LogP contribution in [-0.2, 0) is 0 Å². The van der Waals surface area contributed by atoms with Crippen molar-refractivity contribution >= 4 is 0 Å². The largest absolute Gasteiger partial charge is 0.508 e. The van der Waals surface area contributed by atoms with Gasteiger partial charge in [0, 0.05) is 17.6 Å². The van der Waals surface area contributed by atoms with Gasteiger partial charge in [-0.15, -0.1) is 0 Å². The predicted molar refractivity (Wildman–Crippen MR) is 81.1 cm³/mol. The monoisotopic (exact) mass is 271 g/mol. The van der Waals surface area contributed by atoms with Crippen molar-refractivity contribution in [2.75, 3.05) is 7.11 Å². The summed E-state index contributed by atoms with van der Waals surface area (Å²) in [7, 11) is 1.68. The van der Waals surface area contributed by atoms with Crippen LogP contribution in [0.2, 0.25) is 0 Å². The van der Waals surface area contributed by atoms with Gasteiger partial charge < -0.3 is 15.2 Å². The van der Waals surface area contributed by atoms with Crippen LogP contribution in [0.1, 0.15) is 37.1 Å². The van der Waals surface area contributed by atoms with E-state index in [1.54, 1.807) is 19.2 Å². The quantitative estimate of drug-likeness (QED) is 0.868. The Balaban J connectivity index is 2.13. The van der Waals surface area contributed by atoms with Crippen molar-refractivity contribution in [3.8, 4) is 11.5 Å². The number of phenolic OH excluding ortho intramolecular Hbond substituents is 1. The molecule has 2 aromatic carbocycles. The molecule has 0 radical (unpaired) electrons. The topological polar surface area (TPSA) is 41.5 Å². The van der Waals surface area contributed by atoms with Crippen LogP contribution in [0.15, 0.2) is 48.5 Å².